The number of hydrogen-bond acceptors (Lipinski definition) is 4. The number of ether oxygens (including phenoxy) is 4. The second-order valence-electron chi connectivity index (χ2n) is 20.9. The van der Waals surface area contributed by atoms with Gasteiger partial charge in [0.1, 0.15) is 23.0 Å². The maximum Gasteiger partial charge on any atom is 0.131 e. The minimum Gasteiger partial charge on any atom is -0.490 e. The molecule has 66 heavy (non-hydrogen) atoms. The number of benzene rings is 4. The molecular weight excluding hydrogens is 847 g/mol. The van der Waals surface area contributed by atoms with E-state index in [4.69, 9.17) is 18.9 Å². The van der Waals surface area contributed by atoms with Crippen LogP contribution < -0.4 is 29.6 Å². The zero-order valence-electron chi connectivity index (χ0n) is 42.4. The minimum absolute atomic E-state index is 0.128. The second kappa shape index (κ2) is 25.5. The van der Waals surface area contributed by atoms with E-state index < -0.39 is 0 Å². The summed E-state index contributed by atoms with van der Waals surface area (Å²) in [6.07, 6.45) is 28.8. The molecule has 0 radical (unpaired) electrons. The Morgan fingerprint density at radius 1 is 0.318 bits per heavy atom. The number of hydrogen-bond donors (Lipinski definition) is 0. The van der Waals surface area contributed by atoms with Crippen LogP contribution in [0, 0.1) is 0 Å². The maximum absolute atomic E-state index is 6.37. The van der Waals surface area contributed by atoms with Crippen molar-refractivity contribution in [1.82, 2.24) is 0 Å². The SMILES string of the molecule is CC(C)Oc1cccc(OC(C)C)c1-c1ccccc1P(C1CCCCC1)C1CCCCC1.CC(C)Oc1cccc(OC(C)C)c1-c1ccccc1P(C1CCCCC1)C1CCCCC1. The monoisotopic (exact) mass is 933 g/mol. The molecule has 0 saturated heterocycles. The van der Waals surface area contributed by atoms with Crippen molar-refractivity contribution in [3.05, 3.63) is 84.9 Å². The third kappa shape index (κ3) is 13.6. The molecule has 4 fully saturated rings. The lowest BCUT2D eigenvalue weighted by atomic mass is 9.99. The van der Waals surface area contributed by atoms with E-state index in [-0.39, 0.29) is 40.3 Å². The molecule has 4 aromatic carbocycles. The first-order valence-corrected chi connectivity index (χ1v) is 29.7. The third-order valence-corrected chi connectivity index (χ3v) is 21.3. The van der Waals surface area contributed by atoms with E-state index in [0.29, 0.717) is 0 Å². The molecule has 4 aliphatic rings. The van der Waals surface area contributed by atoms with E-state index in [1.165, 1.54) is 140 Å². The third-order valence-electron chi connectivity index (χ3n) is 14.2. The van der Waals surface area contributed by atoms with Gasteiger partial charge in [0.2, 0.25) is 0 Å². The van der Waals surface area contributed by atoms with Gasteiger partial charge in [-0.15, -0.1) is 0 Å². The van der Waals surface area contributed by atoms with Crippen LogP contribution in [0.3, 0.4) is 0 Å². The van der Waals surface area contributed by atoms with Gasteiger partial charge in [-0.1, -0.05) is 154 Å². The molecule has 4 aromatic rings. The van der Waals surface area contributed by atoms with Gasteiger partial charge in [-0.3, -0.25) is 0 Å². The van der Waals surface area contributed by atoms with Gasteiger partial charge < -0.3 is 18.9 Å². The van der Waals surface area contributed by atoms with E-state index in [1.807, 2.05) is 0 Å². The minimum atomic E-state index is -0.213. The topological polar surface area (TPSA) is 36.9 Å². The highest BCUT2D eigenvalue weighted by Gasteiger charge is 2.36. The Morgan fingerprint density at radius 3 is 0.803 bits per heavy atom. The zero-order chi connectivity index (χ0) is 46.4. The summed E-state index contributed by atoms with van der Waals surface area (Å²) in [5, 5.41) is 3.19. The van der Waals surface area contributed by atoms with E-state index >= 15 is 0 Å². The van der Waals surface area contributed by atoms with Crippen LogP contribution in [0.1, 0.15) is 184 Å². The Bertz CT molecular complexity index is 1810. The zero-order valence-corrected chi connectivity index (χ0v) is 44.2. The summed E-state index contributed by atoms with van der Waals surface area (Å²) in [5.74, 6) is 3.83. The Hall–Kier alpha value is -3.06. The van der Waals surface area contributed by atoms with Gasteiger partial charge in [-0.05, 0) is 175 Å². The van der Waals surface area contributed by atoms with Crippen molar-refractivity contribution in [1.29, 1.82) is 0 Å². The van der Waals surface area contributed by atoms with Crippen LogP contribution in [0.2, 0.25) is 0 Å². The van der Waals surface area contributed by atoms with Crippen molar-refractivity contribution >= 4 is 26.5 Å². The Kier molecular flexibility index (Phi) is 19.6. The van der Waals surface area contributed by atoms with Crippen LogP contribution >= 0.6 is 15.8 Å². The first-order chi connectivity index (χ1) is 32.1. The van der Waals surface area contributed by atoms with Gasteiger partial charge in [0.25, 0.3) is 0 Å². The van der Waals surface area contributed by atoms with Crippen LogP contribution in [-0.2, 0) is 0 Å². The van der Waals surface area contributed by atoms with Crippen molar-refractivity contribution in [2.75, 3.05) is 0 Å². The van der Waals surface area contributed by atoms with Gasteiger partial charge in [0.05, 0.1) is 35.5 Å². The molecule has 0 atom stereocenters. The average Bonchev–Trinajstić information content (AvgIpc) is 3.31. The van der Waals surface area contributed by atoms with Gasteiger partial charge in [-0.25, -0.2) is 0 Å². The molecule has 4 saturated carbocycles. The van der Waals surface area contributed by atoms with Crippen LogP contribution in [0.4, 0.5) is 0 Å². The highest BCUT2D eigenvalue weighted by molar-refractivity contribution is 7.67. The second-order valence-corrected chi connectivity index (χ2v) is 26.5. The molecule has 4 nitrogen and oxygen atoms in total. The lowest BCUT2D eigenvalue weighted by Crippen LogP contribution is -2.27. The first kappa shape index (κ1) is 50.8. The normalized spacial score (nSPS) is 18.3. The first-order valence-electron chi connectivity index (χ1n) is 26.8. The van der Waals surface area contributed by atoms with Gasteiger partial charge >= 0.3 is 0 Å². The molecule has 4 aliphatic carbocycles. The summed E-state index contributed by atoms with van der Waals surface area (Å²) in [6.45, 7) is 16.9. The number of rotatable bonds is 16. The van der Waals surface area contributed by atoms with Gasteiger partial charge in [0, 0.05) is 0 Å². The predicted octanol–water partition coefficient (Wildman–Crippen LogP) is 17.4. The highest BCUT2D eigenvalue weighted by Crippen LogP contribution is 2.59. The quantitative estimate of drug-likeness (QED) is 0.105. The Labute approximate surface area is 404 Å². The predicted molar refractivity (Wildman–Crippen MR) is 287 cm³/mol. The van der Waals surface area contributed by atoms with Crippen LogP contribution in [0.15, 0.2) is 84.9 Å². The van der Waals surface area contributed by atoms with Gasteiger partial charge in [-0.2, -0.15) is 0 Å². The van der Waals surface area contributed by atoms with Crippen molar-refractivity contribution < 1.29 is 18.9 Å². The fourth-order valence-electron chi connectivity index (χ4n) is 11.6. The molecule has 360 valence electrons. The standard InChI is InChI=1S/2C30H43O2P/c2*1-22(2)31-27-19-13-20-28(32-23(3)4)30(27)26-18-11-12-21-29(26)33(24-14-7-5-8-15-24)25-16-9-6-10-17-25/h2*11-13,18-25H,5-10,14-17H2,1-4H3. The molecule has 0 aliphatic heterocycles. The van der Waals surface area contributed by atoms with E-state index in [1.54, 1.807) is 10.6 Å². The molecule has 0 heterocycles. The lowest BCUT2D eigenvalue weighted by molar-refractivity contribution is 0.230. The fourth-order valence-corrected chi connectivity index (χ4v) is 19.5. The molecule has 6 heteroatoms. The average molecular weight is 933 g/mol. The molecular formula is C60H86O4P2. The van der Waals surface area contributed by atoms with Crippen LogP contribution in [0.25, 0.3) is 22.3 Å². The smallest absolute Gasteiger partial charge is 0.131 e. The van der Waals surface area contributed by atoms with E-state index in [0.717, 1.165) is 56.8 Å². The summed E-state index contributed by atoms with van der Waals surface area (Å²) in [4.78, 5) is 0. The lowest BCUT2D eigenvalue weighted by Gasteiger charge is -2.39. The summed E-state index contributed by atoms with van der Waals surface area (Å²) in [7, 11) is -0.426. The van der Waals surface area contributed by atoms with E-state index in [2.05, 4.69) is 140 Å². The molecule has 0 N–H and O–H groups in total. The molecule has 0 bridgehead atoms. The van der Waals surface area contributed by atoms with Crippen LogP contribution in [0.5, 0.6) is 23.0 Å². The van der Waals surface area contributed by atoms with Crippen LogP contribution in [-0.4, -0.2) is 47.1 Å². The highest BCUT2D eigenvalue weighted by atomic mass is 31.1. The molecule has 8 rings (SSSR count). The Balaban J connectivity index is 0.000000196. The fraction of sp³-hybridized carbons (Fsp3) is 0.600. The van der Waals surface area contributed by atoms with Crippen molar-refractivity contribution in [3.63, 3.8) is 0 Å². The molecule has 0 aromatic heterocycles. The Morgan fingerprint density at radius 2 is 0.561 bits per heavy atom. The van der Waals surface area contributed by atoms with Crippen molar-refractivity contribution in [3.8, 4) is 45.3 Å². The summed E-state index contributed by atoms with van der Waals surface area (Å²) in [6, 6.07) is 31.2. The summed E-state index contributed by atoms with van der Waals surface area (Å²) >= 11 is 0. The van der Waals surface area contributed by atoms with Gasteiger partial charge in [0.15, 0.2) is 0 Å². The summed E-state index contributed by atoms with van der Waals surface area (Å²) in [5.41, 5.74) is 8.50. The summed E-state index contributed by atoms with van der Waals surface area (Å²) < 4.78 is 25.5. The van der Waals surface area contributed by atoms with E-state index in [9.17, 15) is 0 Å². The van der Waals surface area contributed by atoms with Crippen molar-refractivity contribution in [2.24, 2.45) is 0 Å². The molecule has 0 amide bonds. The van der Waals surface area contributed by atoms with Crippen molar-refractivity contribution in [2.45, 2.75) is 231 Å². The largest absolute Gasteiger partial charge is 0.490 e. The molecule has 0 spiro atoms. The molecule has 0 unspecified atom stereocenters. The maximum atomic E-state index is 6.37.